The average molecular weight is 213 g/mol. The molecule has 1 unspecified atom stereocenters. The van der Waals surface area contributed by atoms with E-state index < -0.39 is 12.1 Å². The van der Waals surface area contributed by atoms with E-state index >= 15 is 0 Å². The van der Waals surface area contributed by atoms with Crippen molar-refractivity contribution >= 4 is 5.97 Å². The summed E-state index contributed by atoms with van der Waals surface area (Å²) in [5, 5.41) is 20.5. The minimum absolute atomic E-state index is 0.242. The van der Waals surface area contributed by atoms with Crippen molar-refractivity contribution in [1.82, 2.24) is 5.32 Å². The van der Waals surface area contributed by atoms with E-state index in [2.05, 4.69) is 5.32 Å². The van der Waals surface area contributed by atoms with E-state index in [1.54, 1.807) is 0 Å². The Balaban J connectivity index is 2.18. The van der Waals surface area contributed by atoms with E-state index in [-0.39, 0.29) is 13.0 Å². The lowest BCUT2D eigenvalue weighted by atomic mass is 10.2. The molecule has 0 aromatic carbocycles. The van der Waals surface area contributed by atoms with Crippen LogP contribution in [-0.2, 0) is 11.3 Å². The molecule has 0 aliphatic heterocycles. The smallest absolute Gasteiger partial charge is 0.306 e. The van der Waals surface area contributed by atoms with Gasteiger partial charge in [0.15, 0.2) is 0 Å². The van der Waals surface area contributed by atoms with Crippen molar-refractivity contribution in [3.63, 3.8) is 0 Å². The average Bonchev–Trinajstić information content (AvgIpc) is 2.50. The molecule has 1 rings (SSSR count). The highest BCUT2D eigenvalue weighted by Crippen LogP contribution is 2.05. The van der Waals surface area contributed by atoms with Gasteiger partial charge < -0.3 is 19.9 Å². The molecule has 1 aromatic rings. The molecule has 84 valence electrons. The van der Waals surface area contributed by atoms with Crippen LogP contribution in [0.3, 0.4) is 0 Å². The Bertz CT molecular complexity index is 321. The van der Waals surface area contributed by atoms with Gasteiger partial charge in [-0.25, -0.2) is 0 Å². The van der Waals surface area contributed by atoms with Gasteiger partial charge in [0.05, 0.1) is 19.1 Å². The molecular weight excluding hydrogens is 198 g/mol. The Labute approximate surface area is 87.7 Å². The number of nitrogens with one attached hydrogen (secondary N) is 1. The summed E-state index contributed by atoms with van der Waals surface area (Å²) in [6.45, 7) is 2.58. The molecule has 0 bridgehead atoms. The summed E-state index contributed by atoms with van der Waals surface area (Å²) in [5.41, 5.74) is 0. The van der Waals surface area contributed by atoms with E-state index in [1.807, 2.05) is 19.1 Å². The second-order valence-corrected chi connectivity index (χ2v) is 3.39. The SMILES string of the molecule is Cc1ccc(CNCC(O)CC(=O)O)o1. The summed E-state index contributed by atoms with van der Waals surface area (Å²) in [4.78, 5) is 10.2. The molecule has 0 spiro atoms. The summed E-state index contributed by atoms with van der Waals surface area (Å²) >= 11 is 0. The first-order valence-electron chi connectivity index (χ1n) is 4.74. The van der Waals surface area contributed by atoms with Crippen LogP contribution in [0.4, 0.5) is 0 Å². The van der Waals surface area contributed by atoms with Gasteiger partial charge in [0.1, 0.15) is 11.5 Å². The summed E-state index contributed by atoms with van der Waals surface area (Å²) in [6, 6.07) is 3.69. The molecule has 5 heteroatoms. The largest absolute Gasteiger partial charge is 0.481 e. The van der Waals surface area contributed by atoms with Gasteiger partial charge in [0.25, 0.3) is 0 Å². The Morgan fingerprint density at radius 3 is 2.87 bits per heavy atom. The Kier molecular flexibility index (Phi) is 4.33. The predicted molar refractivity (Wildman–Crippen MR) is 53.4 cm³/mol. The first kappa shape index (κ1) is 11.7. The third-order valence-electron chi connectivity index (χ3n) is 1.89. The number of carboxylic acids is 1. The van der Waals surface area contributed by atoms with Gasteiger partial charge in [0.2, 0.25) is 0 Å². The summed E-state index contributed by atoms with van der Waals surface area (Å²) in [5.74, 6) is 0.603. The highest BCUT2D eigenvalue weighted by Gasteiger charge is 2.08. The van der Waals surface area contributed by atoms with E-state index in [1.165, 1.54) is 0 Å². The zero-order valence-electron chi connectivity index (χ0n) is 8.56. The second kappa shape index (κ2) is 5.53. The molecule has 1 aromatic heterocycles. The fourth-order valence-electron chi connectivity index (χ4n) is 1.22. The third-order valence-corrected chi connectivity index (χ3v) is 1.89. The molecule has 0 aliphatic carbocycles. The number of aliphatic hydroxyl groups excluding tert-OH is 1. The molecule has 1 atom stereocenters. The molecule has 0 fully saturated rings. The van der Waals surface area contributed by atoms with E-state index in [4.69, 9.17) is 9.52 Å². The van der Waals surface area contributed by atoms with E-state index in [9.17, 15) is 9.90 Å². The van der Waals surface area contributed by atoms with Crippen LogP contribution in [0.5, 0.6) is 0 Å². The van der Waals surface area contributed by atoms with Crippen LogP contribution in [0.15, 0.2) is 16.5 Å². The normalized spacial score (nSPS) is 12.7. The lowest BCUT2D eigenvalue weighted by Gasteiger charge is -2.07. The predicted octanol–water partition coefficient (Wildman–Crippen LogP) is 0.513. The van der Waals surface area contributed by atoms with Crippen LogP contribution >= 0.6 is 0 Å². The molecular formula is C10H15NO4. The number of aryl methyl sites for hydroxylation is 1. The van der Waals surface area contributed by atoms with Gasteiger partial charge in [-0.05, 0) is 19.1 Å². The first-order chi connectivity index (χ1) is 7.08. The minimum atomic E-state index is -1.00. The molecule has 0 saturated carbocycles. The van der Waals surface area contributed by atoms with Crippen LogP contribution < -0.4 is 5.32 Å². The number of carboxylic acid groups (broad SMARTS) is 1. The highest BCUT2D eigenvalue weighted by atomic mass is 16.4. The maximum absolute atomic E-state index is 10.2. The summed E-state index contributed by atoms with van der Waals surface area (Å²) < 4.78 is 5.29. The van der Waals surface area contributed by atoms with Crippen molar-refractivity contribution in [1.29, 1.82) is 0 Å². The minimum Gasteiger partial charge on any atom is -0.481 e. The van der Waals surface area contributed by atoms with Crippen molar-refractivity contribution in [3.05, 3.63) is 23.7 Å². The van der Waals surface area contributed by atoms with Crippen LogP contribution in [0.1, 0.15) is 17.9 Å². The van der Waals surface area contributed by atoms with Crippen molar-refractivity contribution in [2.75, 3.05) is 6.54 Å². The number of aliphatic carboxylic acids is 1. The van der Waals surface area contributed by atoms with Crippen LogP contribution in [0.25, 0.3) is 0 Å². The topological polar surface area (TPSA) is 82.7 Å². The summed E-state index contributed by atoms with van der Waals surface area (Å²) in [6.07, 6.45) is -1.11. The first-order valence-corrected chi connectivity index (χ1v) is 4.74. The molecule has 3 N–H and O–H groups in total. The van der Waals surface area contributed by atoms with E-state index in [0.717, 1.165) is 11.5 Å². The van der Waals surface area contributed by atoms with E-state index in [0.29, 0.717) is 6.54 Å². The maximum Gasteiger partial charge on any atom is 0.306 e. The van der Waals surface area contributed by atoms with Gasteiger partial charge in [-0.15, -0.1) is 0 Å². The molecule has 5 nitrogen and oxygen atoms in total. The standard InChI is InChI=1S/C10H15NO4/c1-7-2-3-9(15-7)6-11-5-8(12)4-10(13)14/h2-3,8,11-12H,4-6H2,1H3,(H,13,14). The molecule has 0 amide bonds. The lowest BCUT2D eigenvalue weighted by Crippen LogP contribution is -2.28. The third kappa shape index (κ3) is 4.62. The molecule has 0 saturated heterocycles. The Morgan fingerprint density at radius 2 is 2.33 bits per heavy atom. The molecule has 15 heavy (non-hydrogen) atoms. The molecule has 1 heterocycles. The monoisotopic (exact) mass is 213 g/mol. The zero-order valence-corrected chi connectivity index (χ0v) is 8.56. The van der Waals surface area contributed by atoms with Crippen molar-refractivity contribution in [2.24, 2.45) is 0 Å². The number of furan rings is 1. The van der Waals surface area contributed by atoms with Gasteiger partial charge >= 0.3 is 5.97 Å². The quantitative estimate of drug-likeness (QED) is 0.641. The number of rotatable bonds is 6. The lowest BCUT2D eigenvalue weighted by molar-refractivity contribution is -0.139. The number of carbonyl (C=O) groups is 1. The number of hydrogen-bond acceptors (Lipinski definition) is 4. The zero-order chi connectivity index (χ0) is 11.3. The van der Waals surface area contributed by atoms with Crippen LogP contribution in [-0.4, -0.2) is 28.8 Å². The maximum atomic E-state index is 10.2. The summed E-state index contributed by atoms with van der Waals surface area (Å²) in [7, 11) is 0. The van der Waals surface area contributed by atoms with Crippen molar-refractivity contribution in [3.8, 4) is 0 Å². The van der Waals surface area contributed by atoms with Gasteiger partial charge in [-0.1, -0.05) is 0 Å². The van der Waals surface area contributed by atoms with Crippen molar-refractivity contribution < 1.29 is 19.4 Å². The number of hydrogen-bond donors (Lipinski definition) is 3. The Morgan fingerprint density at radius 1 is 1.60 bits per heavy atom. The number of aliphatic hydroxyl groups is 1. The second-order valence-electron chi connectivity index (χ2n) is 3.39. The van der Waals surface area contributed by atoms with Crippen LogP contribution in [0, 0.1) is 6.92 Å². The fourth-order valence-corrected chi connectivity index (χ4v) is 1.22. The van der Waals surface area contributed by atoms with Gasteiger partial charge in [0, 0.05) is 6.54 Å². The highest BCUT2D eigenvalue weighted by molar-refractivity contribution is 5.67. The van der Waals surface area contributed by atoms with Gasteiger partial charge in [-0.2, -0.15) is 0 Å². The Hall–Kier alpha value is -1.33. The molecule has 0 aliphatic rings. The van der Waals surface area contributed by atoms with Crippen LogP contribution in [0.2, 0.25) is 0 Å². The fraction of sp³-hybridized carbons (Fsp3) is 0.500. The van der Waals surface area contributed by atoms with Gasteiger partial charge in [-0.3, -0.25) is 4.79 Å². The van der Waals surface area contributed by atoms with Crippen molar-refractivity contribution in [2.45, 2.75) is 26.0 Å². The molecule has 0 radical (unpaired) electrons.